The van der Waals surface area contributed by atoms with Gasteiger partial charge in [0.1, 0.15) is 0 Å². The van der Waals surface area contributed by atoms with Gasteiger partial charge in [0.25, 0.3) is 0 Å². The van der Waals surface area contributed by atoms with Crippen molar-refractivity contribution in [1.29, 1.82) is 0 Å². The van der Waals surface area contributed by atoms with Gasteiger partial charge in [-0.3, -0.25) is 4.79 Å². The molecule has 6 nitrogen and oxygen atoms in total. The van der Waals surface area contributed by atoms with Crippen molar-refractivity contribution in [3.8, 4) is 11.4 Å². The van der Waals surface area contributed by atoms with Crippen LogP contribution < -0.4 is 5.84 Å². The molecular formula is C18H24ClN5OS. The predicted octanol–water partition coefficient (Wildman–Crippen LogP) is 3.58. The molecule has 1 aromatic carbocycles. The van der Waals surface area contributed by atoms with E-state index in [1.807, 2.05) is 24.0 Å². The number of carbonyl (C=O) groups excluding carboxylic acids is 1. The lowest BCUT2D eigenvalue weighted by molar-refractivity contribution is -0.134. The third-order valence-corrected chi connectivity index (χ3v) is 6.04. The largest absolute Gasteiger partial charge is 0.339 e. The molecule has 8 heteroatoms. The summed E-state index contributed by atoms with van der Waals surface area (Å²) >= 11 is 7.38. The number of rotatable bonds is 5. The molecule has 1 aliphatic heterocycles. The van der Waals surface area contributed by atoms with Gasteiger partial charge >= 0.3 is 0 Å². The van der Waals surface area contributed by atoms with Crippen LogP contribution in [-0.4, -0.2) is 43.5 Å². The normalized spacial score (nSPS) is 18.7. The van der Waals surface area contributed by atoms with Crippen LogP contribution in [0, 0.1) is 0 Å². The molecule has 0 spiro atoms. The lowest BCUT2D eigenvalue weighted by Gasteiger charge is -2.36. The van der Waals surface area contributed by atoms with Crippen LogP contribution in [0.4, 0.5) is 0 Å². The molecular weight excluding hydrogens is 370 g/mol. The fourth-order valence-corrected chi connectivity index (χ4v) is 4.37. The molecule has 2 unspecified atom stereocenters. The minimum absolute atomic E-state index is 0.147. The lowest BCUT2D eigenvalue weighted by atomic mass is 10.00. The molecule has 0 radical (unpaired) electrons. The van der Waals surface area contributed by atoms with E-state index in [-0.39, 0.29) is 11.2 Å². The van der Waals surface area contributed by atoms with Crippen molar-refractivity contribution in [2.24, 2.45) is 0 Å². The van der Waals surface area contributed by atoms with Crippen LogP contribution in [0.15, 0.2) is 29.4 Å². The van der Waals surface area contributed by atoms with E-state index in [1.54, 1.807) is 12.1 Å². The average Bonchev–Trinajstić information content (AvgIpc) is 3.01. The fraction of sp³-hybridized carbons (Fsp3) is 0.500. The number of nitrogens with zero attached hydrogens (tertiary/aromatic N) is 4. The summed E-state index contributed by atoms with van der Waals surface area (Å²) in [6.07, 6.45) is 4.36. The van der Waals surface area contributed by atoms with Crippen LogP contribution in [0.3, 0.4) is 0 Å². The number of nitrogen functional groups attached to an aromatic ring is 1. The molecule has 1 aliphatic rings. The zero-order chi connectivity index (χ0) is 18.7. The monoisotopic (exact) mass is 393 g/mol. The van der Waals surface area contributed by atoms with E-state index >= 15 is 0 Å². The number of piperidine rings is 1. The molecule has 0 aliphatic carbocycles. The number of hydrogen-bond donors (Lipinski definition) is 1. The van der Waals surface area contributed by atoms with Crippen molar-refractivity contribution in [2.75, 3.05) is 12.4 Å². The molecule has 26 heavy (non-hydrogen) atoms. The molecule has 1 saturated heterocycles. The summed E-state index contributed by atoms with van der Waals surface area (Å²) in [5.74, 6) is 6.84. The molecule has 140 valence electrons. The van der Waals surface area contributed by atoms with Gasteiger partial charge in [-0.1, -0.05) is 42.4 Å². The predicted molar refractivity (Wildman–Crippen MR) is 106 cm³/mol. The van der Waals surface area contributed by atoms with Crippen molar-refractivity contribution < 1.29 is 4.79 Å². The summed E-state index contributed by atoms with van der Waals surface area (Å²) in [7, 11) is 0. The minimum Gasteiger partial charge on any atom is -0.339 e. The first-order valence-corrected chi connectivity index (χ1v) is 10.2. The third-order valence-electron chi connectivity index (χ3n) is 4.76. The van der Waals surface area contributed by atoms with E-state index in [4.69, 9.17) is 17.4 Å². The van der Waals surface area contributed by atoms with Crippen molar-refractivity contribution in [3.05, 3.63) is 29.3 Å². The van der Waals surface area contributed by atoms with Crippen LogP contribution in [0.2, 0.25) is 5.02 Å². The highest BCUT2D eigenvalue weighted by Crippen LogP contribution is 2.29. The third kappa shape index (κ3) is 3.99. The van der Waals surface area contributed by atoms with Crippen LogP contribution in [-0.2, 0) is 4.79 Å². The smallest absolute Gasteiger partial charge is 0.236 e. The van der Waals surface area contributed by atoms with Gasteiger partial charge in [-0.2, -0.15) is 0 Å². The molecule has 2 atom stereocenters. The number of nitrogens with two attached hydrogens (primary N) is 1. The second-order valence-electron chi connectivity index (χ2n) is 6.54. The first-order chi connectivity index (χ1) is 12.5. The van der Waals surface area contributed by atoms with E-state index < -0.39 is 0 Å². The summed E-state index contributed by atoms with van der Waals surface area (Å²) in [5.41, 5.74) is 0.792. The first kappa shape index (κ1) is 19.0. The highest BCUT2D eigenvalue weighted by Gasteiger charge is 2.30. The van der Waals surface area contributed by atoms with Crippen molar-refractivity contribution >= 4 is 29.3 Å². The second kappa shape index (κ2) is 8.31. The SMILES string of the molecule is CCC1CCCCN1C(=O)C(C)Sc1nnc(-c2cccc(Cl)c2)n1N. The van der Waals surface area contributed by atoms with Crippen molar-refractivity contribution in [2.45, 2.75) is 56.0 Å². The van der Waals surface area contributed by atoms with Gasteiger partial charge in [-0.05, 0) is 44.7 Å². The Bertz CT molecular complexity index is 781. The molecule has 1 aromatic heterocycles. The molecule has 2 heterocycles. The quantitative estimate of drug-likeness (QED) is 0.620. The molecule has 0 bridgehead atoms. The molecule has 1 amide bonds. The first-order valence-electron chi connectivity index (χ1n) is 8.94. The lowest BCUT2D eigenvalue weighted by Crippen LogP contribution is -2.46. The van der Waals surface area contributed by atoms with Gasteiger partial charge < -0.3 is 10.7 Å². The maximum absolute atomic E-state index is 12.9. The number of amides is 1. The van der Waals surface area contributed by atoms with Crippen LogP contribution in [0.5, 0.6) is 0 Å². The van der Waals surface area contributed by atoms with Gasteiger partial charge in [-0.25, -0.2) is 4.68 Å². The van der Waals surface area contributed by atoms with Gasteiger partial charge in [0, 0.05) is 23.2 Å². The minimum atomic E-state index is -0.263. The fourth-order valence-electron chi connectivity index (χ4n) is 3.34. The Morgan fingerprint density at radius 2 is 2.23 bits per heavy atom. The molecule has 3 rings (SSSR count). The maximum Gasteiger partial charge on any atom is 0.236 e. The van der Waals surface area contributed by atoms with Gasteiger partial charge in [0.2, 0.25) is 11.1 Å². The molecule has 1 fully saturated rings. The topological polar surface area (TPSA) is 77.0 Å². The summed E-state index contributed by atoms with van der Waals surface area (Å²) in [5, 5.41) is 9.20. The van der Waals surface area contributed by atoms with E-state index in [9.17, 15) is 4.79 Å². The summed E-state index contributed by atoms with van der Waals surface area (Å²) in [6, 6.07) is 7.64. The Hall–Kier alpha value is -1.73. The van der Waals surface area contributed by atoms with Gasteiger partial charge in [0.05, 0.1) is 5.25 Å². The highest BCUT2D eigenvalue weighted by molar-refractivity contribution is 8.00. The van der Waals surface area contributed by atoms with Crippen LogP contribution in [0.1, 0.15) is 39.5 Å². The van der Waals surface area contributed by atoms with E-state index in [0.717, 1.165) is 31.4 Å². The van der Waals surface area contributed by atoms with Gasteiger partial charge in [0.15, 0.2) is 5.82 Å². The van der Waals surface area contributed by atoms with E-state index in [2.05, 4.69) is 17.1 Å². The number of aromatic nitrogens is 3. The number of likely N-dealkylation sites (tertiary alicyclic amines) is 1. The van der Waals surface area contributed by atoms with Gasteiger partial charge in [-0.15, -0.1) is 10.2 Å². The Morgan fingerprint density at radius 3 is 2.96 bits per heavy atom. The number of carbonyl (C=O) groups is 1. The molecule has 2 N–H and O–H groups in total. The average molecular weight is 394 g/mol. The van der Waals surface area contributed by atoms with E-state index in [1.165, 1.54) is 22.9 Å². The Kier molecular flexibility index (Phi) is 6.09. The molecule has 2 aromatic rings. The van der Waals surface area contributed by atoms with Crippen molar-refractivity contribution in [3.63, 3.8) is 0 Å². The number of thioether (sulfide) groups is 1. The molecule has 0 saturated carbocycles. The van der Waals surface area contributed by atoms with E-state index in [0.29, 0.717) is 22.0 Å². The standard InChI is InChI=1S/C18H24ClN5OS/c1-3-15-9-4-5-10-23(15)17(25)12(2)26-18-22-21-16(24(18)20)13-7-6-8-14(19)11-13/h6-8,11-12,15H,3-5,9-10,20H2,1-2H3. The zero-order valence-corrected chi connectivity index (χ0v) is 16.6. The Labute approximate surface area is 163 Å². The Balaban J connectivity index is 1.73. The summed E-state index contributed by atoms with van der Waals surface area (Å²) in [4.78, 5) is 14.9. The number of benzene rings is 1. The summed E-state index contributed by atoms with van der Waals surface area (Å²) < 4.78 is 1.42. The Morgan fingerprint density at radius 1 is 1.42 bits per heavy atom. The highest BCUT2D eigenvalue weighted by atomic mass is 35.5. The summed E-state index contributed by atoms with van der Waals surface area (Å²) in [6.45, 7) is 4.88. The van der Waals surface area contributed by atoms with Crippen LogP contribution in [0.25, 0.3) is 11.4 Å². The van der Waals surface area contributed by atoms with Crippen molar-refractivity contribution in [1.82, 2.24) is 19.8 Å². The maximum atomic E-state index is 12.9. The number of halogens is 1. The second-order valence-corrected chi connectivity index (χ2v) is 8.28. The number of hydrogen-bond acceptors (Lipinski definition) is 5. The van der Waals surface area contributed by atoms with Crippen LogP contribution >= 0.6 is 23.4 Å². The zero-order valence-electron chi connectivity index (χ0n) is 15.1.